The van der Waals surface area contributed by atoms with Crippen LogP contribution in [-0.2, 0) is 11.2 Å². The average molecular weight is 308 g/mol. The Morgan fingerprint density at radius 3 is 3.00 bits per heavy atom. The largest absolute Gasteiger partial charge is 0.342 e. The lowest BCUT2D eigenvalue weighted by Gasteiger charge is -2.33. The summed E-state index contributed by atoms with van der Waals surface area (Å²) in [4.78, 5) is 18.7. The molecule has 23 heavy (non-hydrogen) atoms. The molecule has 1 fully saturated rings. The Hall–Kier alpha value is -2.16. The fourth-order valence-electron chi connectivity index (χ4n) is 3.36. The van der Waals surface area contributed by atoms with Crippen molar-refractivity contribution in [1.82, 2.24) is 9.88 Å². The second-order valence-corrected chi connectivity index (χ2v) is 6.45. The van der Waals surface area contributed by atoms with E-state index in [0.29, 0.717) is 12.3 Å². The maximum atomic E-state index is 12.5. The summed E-state index contributed by atoms with van der Waals surface area (Å²) < 4.78 is 0. The van der Waals surface area contributed by atoms with Gasteiger partial charge >= 0.3 is 0 Å². The Morgan fingerprint density at radius 1 is 1.30 bits per heavy atom. The predicted molar refractivity (Wildman–Crippen MR) is 92.3 cm³/mol. The van der Waals surface area contributed by atoms with Crippen molar-refractivity contribution >= 4 is 5.91 Å². The van der Waals surface area contributed by atoms with Crippen LogP contribution in [0, 0.1) is 6.92 Å². The summed E-state index contributed by atoms with van der Waals surface area (Å²) in [7, 11) is 0. The van der Waals surface area contributed by atoms with E-state index in [0.717, 1.165) is 31.5 Å². The van der Waals surface area contributed by atoms with Crippen molar-refractivity contribution in [3.63, 3.8) is 0 Å². The highest BCUT2D eigenvalue weighted by Crippen LogP contribution is 2.27. The van der Waals surface area contributed by atoms with Crippen LogP contribution in [0.2, 0.25) is 0 Å². The monoisotopic (exact) mass is 308 g/mol. The molecular weight excluding hydrogens is 284 g/mol. The molecule has 0 unspecified atom stereocenters. The van der Waals surface area contributed by atoms with Gasteiger partial charge < -0.3 is 4.90 Å². The summed E-state index contributed by atoms with van der Waals surface area (Å²) in [5.74, 6) is 0.747. The molecule has 1 aromatic carbocycles. The Balaban J connectivity index is 1.58. The fraction of sp³-hybridized carbons (Fsp3) is 0.400. The first-order valence-electron chi connectivity index (χ1n) is 8.45. The van der Waals surface area contributed by atoms with Gasteiger partial charge in [0.2, 0.25) is 5.91 Å². The van der Waals surface area contributed by atoms with Crippen molar-refractivity contribution < 1.29 is 4.79 Å². The SMILES string of the molecule is Cc1cccc([C@@H]2CCCN(C(=O)CCc3cccnc3)C2)c1. The zero-order valence-corrected chi connectivity index (χ0v) is 13.7. The number of pyridine rings is 1. The van der Waals surface area contributed by atoms with Crippen LogP contribution in [0.4, 0.5) is 0 Å². The minimum Gasteiger partial charge on any atom is -0.342 e. The number of carbonyl (C=O) groups is 1. The molecule has 0 bridgehead atoms. The van der Waals surface area contributed by atoms with Gasteiger partial charge in [0, 0.05) is 37.8 Å². The van der Waals surface area contributed by atoms with E-state index in [2.05, 4.69) is 36.2 Å². The van der Waals surface area contributed by atoms with Crippen molar-refractivity contribution in [2.24, 2.45) is 0 Å². The molecule has 0 saturated carbocycles. The Kier molecular flexibility index (Phi) is 5.06. The molecule has 120 valence electrons. The summed E-state index contributed by atoms with van der Waals surface area (Å²) in [6.07, 6.45) is 7.24. The summed E-state index contributed by atoms with van der Waals surface area (Å²) in [6, 6.07) is 12.7. The van der Waals surface area contributed by atoms with E-state index in [4.69, 9.17) is 0 Å². The molecule has 3 nitrogen and oxygen atoms in total. The fourth-order valence-corrected chi connectivity index (χ4v) is 3.36. The van der Waals surface area contributed by atoms with E-state index in [9.17, 15) is 4.79 Å². The van der Waals surface area contributed by atoms with E-state index < -0.39 is 0 Å². The summed E-state index contributed by atoms with van der Waals surface area (Å²) >= 11 is 0. The highest BCUT2D eigenvalue weighted by molar-refractivity contribution is 5.76. The highest BCUT2D eigenvalue weighted by Gasteiger charge is 2.24. The number of rotatable bonds is 4. The van der Waals surface area contributed by atoms with E-state index in [1.807, 2.05) is 23.2 Å². The number of aromatic nitrogens is 1. The Labute approximate surface area is 138 Å². The third-order valence-corrected chi connectivity index (χ3v) is 4.64. The van der Waals surface area contributed by atoms with Gasteiger partial charge in [0.05, 0.1) is 0 Å². The lowest BCUT2D eigenvalue weighted by molar-refractivity contribution is -0.132. The molecule has 0 radical (unpaired) electrons. The zero-order valence-electron chi connectivity index (χ0n) is 13.7. The number of aryl methyl sites for hydroxylation is 2. The second-order valence-electron chi connectivity index (χ2n) is 6.45. The van der Waals surface area contributed by atoms with Crippen molar-refractivity contribution in [1.29, 1.82) is 0 Å². The highest BCUT2D eigenvalue weighted by atomic mass is 16.2. The quantitative estimate of drug-likeness (QED) is 0.862. The number of likely N-dealkylation sites (tertiary alicyclic amines) is 1. The van der Waals surface area contributed by atoms with Gasteiger partial charge in [0.1, 0.15) is 0 Å². The van der Waals surface area contributed by atoms with Crippen LogP contribution in [0.3, 0.4) is 0 Å². The minimum atomic E-state index is 0.270. The van der Waals surface area contributed by atoms with Gasteiger partial charge in [-0.3, -0.25) is 9.78 Å². The molecule has 0 aliphatic carbocycles. The first kappa shape index (κ1) is 15.7. The molecule has 1 aliphatic heterocycles. The first-order chi connectivity index (χ1) is 11.2. The molecule has 0 spiro atoms. The summed E-state index contributed by atoms with van der Waals surface area (Å²) in [5.41, 5.74) is 3.80. The van der Waals surface area contributed by atoms with Gasteiger partial charge in [-0.05, 0) is 43.4 Å². The average Bonchev–Trinajstić information content (AvgIpc) is 2.61. The summed E-state index contributed by atoms with van der Waals surface area (Å²) in [6.45, 7) is 3.88. The minimum absolute atomic E-state index is 0.270. The number of carbonyl (C=O) groups excluding carboxylic acids is 1. The number of hydrogen-bond donors (Lipinski definition) is 0. The van der Waals surface area contributed by atoms with Crippen LogP contribution in [0.1, 0.15) is 41.9 Å². The van der Waals surface area contributed by atoms with Gasteiger partial charge in [-0.1, -0.05) is 35.9 Å². The van der Waals surface area contributed by atoms with E-state index >= 15 is 0 Å². The second kappa shape index (κ2) is 7.40. The van der Waals surface area contributed by atoms with Crippen LogP contribution in [0.5, 0.6) is 0 Å². The molecule has 2 heterocycles. The zero-order chi connectivity index (χ0) is 16.1. The smallest absolute Gasteiger partial charge is 0.222 e. The van der Waals surface area contributed by atoms with Crippen LogP contribution in [0.25, 0.3) is 0 Å². The molecular formula is C20H24N2O. The third-order valence-electron chi connectivity index (χ3n) is 4.64. The normalized spacial score (nSPS) is 18.0. The van der Waals surface area contributed by atoms with Gasteiger partial charge in [-0.15, -0.1) is 0 Å². The maximum absolute atomic E-state index is 12.5. The van der Waals surface area contributed by atoms with Gasteiger partial charge in [-0.2, -0.15) is 0 Å². The molecule has 1 saturated heterocycles. The van der Waals surface area contributed by atoms with Crippen molar-refractivity contribution in [3.8, 4) is 0 Å². The Morgan fingerprint density at radius 2 is 2.22 bits per heavy atom. The topological polar surface area (TPSA) is 33.2 Å². The first-order valence-corrected chi connectivity index (χ1v) is 8.45. The number of benzene rings is 1. The van der Waals surface area contributed by atoms with E-state index in [1.165, 1.54) is 17.5 Å². The molecule has 3 heteroatoms. The lowest BCUT2D eigenvalue weighted by Crippen LogP contribution is -2.39. The number of nitrogens with zero attached hydrogens (tertiary/aromatic N) is 2. The van der Waals surface area contributed by atoms with Crippen LogP contribution in [0.15, 0.2) is 48.8 Å². The molecule has 3 rings (SSSR count). The molecule has 1 aliphatic rings. The standard InChI is InChI=1S/C20H24N2O/c1-16-5-2-7-18(13-16)19-8-4-12-22(15-19)20(23)10-9-17-6-3-11-21-14-17/h2-3,5-7,11,13-14,19H,4,8-10,12,15H2,1H3/t19-/m1/s1. The van der Waals surface area contributed by atoms with Gasteiger partial charge in [-0.25, -0.2) is 0 Å². The predicted octanol–water partition coefficient (Wildman–Crippen LogP) is 3.73. The molecule has 2 aromatic rings. The van der Waals surface area contributed by atoms with E-state index in [1.54, 1.807) is 6.20 Å². The molecule has 1 atom stereocenters. The van der Waals surface area contributed by atoms with Crippen LogP contribution < -0.4 is 0 Å². The lowest BCUT2D eigenvalue weighted by atomic mass is 9.89. The van der Waals surface area contributed by atoms with Crippen molar-refractivity contribution in [2.45, 2.75) is 38.5 Å². The molecule has 1 amide bonds. The molecule has 1 aromatic heterocycles. The van der Waals surface area contributed by atoms with E-state index in [-0.39, 0.29) is 5.91 Å². The summed E-state index contributed by atoms with van der Waals surface area (Å²) in [5, 5.41) is 0. The van der Waals surface area contributed by atoms with Crippen molar-refractivity contribution in [2.75, 3.05) is 13.1 Å². The maximum Gasteiger partial charge on any atom is 0.222 e. The van der Waals surface area contributed by atoms with Gasteiger partial charge in [0.15, 0.2) is 0 Å². The van der Waals surface area contributed by atoms with Crippen molar-refractivity contribution in [3.05, 3.63) is 65.5 Å². The third kappa shape index (κ3) is 4.19. The number of amides is 1. The number of piperidine rings is 1. The van der Waals surface area contributed by atoms with Crippen LogP contribution >= 0.6 is 0 Å². The molecule has 0 N–H and O–H groups in total. The number of hydrogen-bond acceptors (Lipinski definition) is 2. The van der Waals surface area contributed by atoms with Crippen LogP contribution in [-0.4, -0.2) is 28.9 Å². The Bertz CT molecular complexity index is 654. The van der Waals surface area contributed by atoms with Gasteiger partial charge in [0.25, 0.3) is 0 Å².